The number of nitrogens with one attached hydrogen (secondary N) is 1. The molecule has 4 nitrogen and oxygen atoms in total. The van der Waals surface area contributed by atoms with Crippen LogP contribution in [0.25, 0.3) is 0 Å². The highest BCUT2D eigenvalue weighted by Gasteiger charge is 2.41. The van der Waals surface area contributed by atoms with Crippen LogP contribution < -0.4 is 5.32 Å². The number of aryl methyl sites for hydroxylation is 1. The number of nitrogens with zero attached hydrogens (tertiary/aromatic N) is 3. The summed E-state index contributed by atoms with van der Waals surface area (Å²) < 4.78 is 2.79. The van der Waals surface area contributed by atoms with Crippen molar-refractivity contribution in [2.45, 2.75) is 52.5 Å². The third kappa shape index (κ3) is 3.02. The van der Waals surface area contributed by atoms with E-state index in [1.54, 1.807) is 0 Å². The van der Waals surface area contributed by atoms with Gasteiger partial charge in [0.25, 0.3) is 0 Å². The smallest absolute Gasteiger partial charge is 0.153 e. The van der Waals surface area contributed by atoms with Crippen molar-refractivity contribution in [1.29, 1.82) is 0 Å². The summed E-state index contributed by atoms with van der Waals surface area (Å²) in [5.74, 6) is 0.646. The van der Waals surface area contributed by atoms with E-state index in [0.29, 0.717) is 17.4 Å². The molecule has 0 amide bonds. The maximum atomic E-state index is 4.15. The molecule has 0 aliphatic heterocycles. The lowest BCUT2D eigenvalue weighted by molar-refractivity contribution is 0.191. The minimum Gasteiger partial charge on any atom is -0.308 e. The fourth-order valence-electron chi connectivity index (χ4n) is 3.37. The molecule has 0 aromatic carbocycles. The molecule has 1 heterocycles. The van der Waals surface area contributed by atoms with Crippen molar-refractivity contribution in [3.05, 3.63) is 10.3 Å². The van der Waals surface area contributed by atoms with Crippen LogP contribution in [0.15, 0.2) is 4.60 Å². The number of hydrogen-bond acceptors (Lipinski definition) is 3. The molecule has 2 unspecified atom stereocenters. The van der Waals surface area contributed by atoms with Gasteiger partial charge in [0.05, 0.1) is 11.7 Å². The Morgan fingerprint density at radius 3 is 2.74 bits per heavy atom. The van der Waals surface area contributed by atoms with Crippen LogP contribution in [0.4, 0.5) is 0 Å². The van der Waals surface area contributed by atoms with Gasteiger partial charge in [-0.1, -0.05) is 32.4 Å². The normalized spacial score (nSPS) is 23.7. The molecule has 19 heavy (non-hydrogen) atoms. The van der Waals surface area contributed by atoms with Crippen molar-refractivity contribution in [2.24, 2.45) is 18.4 Å². The summed E-state index contributed by atoms with van der Waals surface area (Å²) in [5.41, 5.74) is 1.57. The van der Waals surface area contributed by atoms with Crippen LogP contribution >= 0.6 is 15.9 Å². The van der Waals surface area contributed by atoms with E-state index in [0.717, 1.165) is 17.6 Å². The van der Waals surface area contributed by atoms with E-state index < -0.39 is 0 Å². The van der Waals surface area contributed by atoms with Gasteiger partial charge in [0.1, 0.15) is 0 Å². The van der Waals surface area contributed by atoms with E-state index in [1.165, 1.54) is 25.0 Å². The van der Waals surface area contributed by atoms with Crippen LogP contribution in [0, 0.1) is 11.3 Å². The summed E-state index contributed by atoms with van der Waals surface area (Å²) in [7, 11) is 1.98. The van der Waals surface area contributed by atoms with Gasteiger partial charge in [-0.3, -0.25) is 0 Å². The average Bonchev–Trinajstić information content (AvgIpc) is 2.86. The van der Waals surface area contributed by atoms with Gasteiger partial charge >= 0.3 is 0 Å². The molecule has 5 heteroatoms. The van der Waals surface area contributed by atoms with Crippen molar-refractivity contribution >= 4 is 15.9 Å². The predicted molar refractivity (Wildman–Crippen MR) is 80.9 cm³/mol. The number of aromatic nitrogens is 3. The zero-order valence-electron chi connectivity index (χ0n) is 12.4. The van der Waals surface area contributed by atoms with E-state index in [-0.39, 0.29) is 0 Å². The lowest BCUT2D eigenvalue weighted by Crippen LogP contribution is -2.35. The molecule has 1 aliphatic carbocycles. The second-order valence-electron chi connectivity index (χ2n) is 6.31. The van der Waals surface area contributed by atoms with Crippen molar-refractivity contribution in [1.82, 2.24) is 20.3 Å². The van der Waals surface area contributed by atoms with Crippen LogP contribution in [-0.2, 0) is 7.05 Å². The molecule has 0 radical (unpaired) electrons. The van der Waals surface area contributed by atoms with E-state index >= 15 is 0 Å². The molecule has 1 N–H and O–H groups in total. The molecular weight excluding hydrogens is 304 g/mol. The first-order valence-electron chi connectivity index (χ1n) is 7.26. The standard InChI is InChI=1S/C14H25BrN4/c1-5-9-16-11(10-7-6-8-14(10,2)3)12-13(15)17-18-19(12)4/h10-11,16H,5-9H2,1-4H3. The molecule has 1 aliphatic rings. The zero-order chi connectivity index (χ0) is 14.0. The maximum Gasteiger partial charge on any atom is 0.153 e. The molecule has 108 valence electrons. The van der Waals surface area contributed by atoms with Gasteiger partial charge in [-0.05, 0) is 53.1 Å². The van der Waals surface area contributed by atoms with Crippen LogP contribution in [0.1, 0.15) is 58.2 Å². The van der Waals surface area contributed by atoms with Gasteiger partial charge in [0.2, 0.25) is 0 Å². The van der Waals surface area contributed by atoms with Gasteiger partial charge in [-0.2, -0.15) is 0 Å². The first-order chi connectivity index (χ1) is 8.97. The Kier molecular flexibility index (Phi) is 4.66. The van der Waals surface area contributed by atoms with Crippen LogP contribution in [0.3, 0.4) is 0 Å². The molecule has 1 saturated carbocycles. The summed E-state index contributed by atoms with van der Waals surface area (Å²) in [6.07, 6.45) is 5.06. The summed E-state index contributed by atoms with van der Waals surface area (Å²) in [6.45, 7) is 8.03. The number of rotatable bonds is 5. The number of halogens is 1. The first kappa shape index (κ1) is 15.0. The Balaban J connectivity index is 2.31. The van der Waals surface area contributed by atoms with Gasteiger partial charge in [-0.25, -0.2) is 4.68 Å². The molecule has 0 spiro atoms. The van der Waals surface area contributed by atoms with Gasteiger partial charge < -0.3 is 5.32 Å². The Bertz CT molecular complexity index is 408. The summed E-state index contributed by atoms with van der Waals surface area (Å²) in [6, 6.07) is 0.340. The quantitative estimate of drug-likeness (QED) is 0.900. The minimum atomic E-state index is 0.340. The monoisotopic (exact) mass is 328 g/mol. The van der Waals surface area contributed by atoms with E-state index in [9.17, 15) is 0 Å². The Morgan fingerprint density at radius 1 is 1.53 bits per heavy atom. The Morgan fingerprint density at radius 2 is 2.26 bits per heavy atom. The van der Waals surface area contributed by atoms with Crippen LogP contribution in [-0.4, -0.2) is 21.5 Å². The molecule has 0 bridgehead atoms. The molecule has 1 aromatic heterocycles. The average molecular weight is 329 g/mol. The van der Waals surface area contributed by atoms with Crippen molar-refractivity contribution in [3.8, 4) is 0 Å². The molecule has 1 fully saturated rings. The molecule has 2 atom stereocenters. The highest BCUT2D eigenvalue weighted by atomic mass is 79.9. The fraction of sp³-hybridized carbons (Fsp3) is 0.857. The Hall–Kier alpha value is -0.420. The maximum absolute atomic E-state index is 4.15. The van der Waals surface area contributed by atoms with E-state index in [1.807, 2.05) is 11.7 Å². The Labute approximate surface area is 124 Å². The lowest BCUT2D eigenvalue weighted by atomic mass is 9.76. The number of hydrogen-bond donors (Lipinski definition) is 1. The van der Waals surface area contributed by atoms with Crippen LogP contribution in [0.5, 0.6) is 0 Å². The lowest BCUT2D eigenvalue weighted by Gasteiger charge is -2.34. The third-order valence-corrected chi connectivity index (χ3v) is 5.04. The summed E-state index contributed by atoms with van der Waals surface area (Å²) >= 11 is 3.56. The summed E-state index contributed by atoms with van der Waals surface area (Å²) in [5, 5.41) is 12.0. The van der Waals surface area contributed by atoms with E-state index in [2.05, 4.69) is 52.3 Å². The van der Waals surface area contributed by atoms with Gasteiger partial charge in [-0.15, -0.1) is 5.10 Å². The molecule has 2 rings (SSSR count). The minimum absolute atomic E-state index is 0.340. The molecule has 1 aromatic rings. The largest absolute Gasteiger partial charge is 0.308 e. The highest BCUT2D eigenvalue weighted by molar-refractivity contribution is 9.10. The van der Waals surface area contributed by atoms with Crippen molar-refractivity contribution < 1.29 is 0 Å². The second kappa shape index (κ2) is 5.92. The van der Waals surface area contributed by atoms with Gasteiger partial charge in [0.15, 0.2) is 4.60 Å². The second-order valence-corrected chi connectivity index (χ2v) is 7.06. The first-order valence-corrected chi connectivity index (χ1v) is 8.05. The summed E-state index contributed by atoms with van der Waals surface area (Å²) in [4.78, 5) is 0. The SMILES string of the molecule is CCCNC(c1c(Br)nnn1C)C1CCCC1(C)C. The zero-order valence-corrected chi connectivity index (χ0v) is 14.0. The molecular formula is C14H25BrN4. The van der Waals surface area contributed by atoms with Gasteiger partial charge in [0, 0.05) is 7.05 Å². The van der Waals surface area contributed by atoms with E-state index in [4.69, 9.17) is 0 Å². The topological polar surface area (TPSA) is 42.7 Å². The highest BCUT2D eigenvalue weighted by Crippen LogP contribution is 2.49. The third-order valence-electron chi connectivity index (χ3n) is 4.48. The van der Waals surface area contributed by atoms with Crippen molar-refractivity contribution in [3.63, 3.8) is 0 Å². The molecule has 0 saturated heterocycles. The predicted octanol–water partition coefficient (Wildman–Crippen LogP) is 3.44. The fourth-order valence-corrected chi connectivity index (χ4v) is 3.94. The van der Waals surface area contributed by atoms with Crippen molar-refractivity contribution in [2.75, 3.05) is 6.54 Å². The van der Waals surface area contributed by atoms with Crippen LogP contribution in [0.2, 0.25) is 0 Å².